The first-order valence-electron chi connectivity index (χ1n) is 4.37. The number of hydrogen-bond donors (Lipinski definition) is 3. The second-order valence-corrected chi connectivity index (χ2v) is 3.29. The van der Waals surface area contributed by atoms with Gasteiger partial charge in [0.2, 0.25) is 5.91 Å². The predicted molar refractivity (Wildman–Crippen MR) is 51.5 cm³/mol. The van der Waals surface area contributed by atoms with Gasteiger partial charge in [-0.2, -0.15) is 0 Å². The number of nitrogens with one attached hydrogen (secondary N) is 1. The molecule has 0 aromatic heterocycles. The number of amides is 3. The van der Waals surface area contributed by atoms with Gasteiger partial charge >= 0.3 is 6.03 Å². The van der Waals surface area contributed by atoms with Crippen LogP contribution in [0.4, 0.5) is 4.79 Å². The van der Waals surface area contributed by atoms with Crippen LogP contribution in [0.25, 0.3) is 0 Å². The van der Waals surface area contributed by atoms with Crippen LogP contribution < -0.4 is 11.1 Å². The number of carbonyl (C=O) groups excluding carboxylic acids is 2. The van der Waals surface area contributed by atoms with Gasteiger partial charge in [0.25, 0.3) is 0 Å². The zero-order valence-corrected chi connectivity index (χ0v) is 8.49. The lowest BCUT2D eigenvalue weighted by Crippen LogP contribution is -2.41. The summed E-state index contributed by atoms with van der Waals surface area (Å²) in [4.78, 5) is 23.0. The van der Waals surface area contributed by atoms with Crippen molar-refractivity contribution in [2.24, 2.45) is 5.73 Å². The summed E-state index contributed by atoms with van der Waals surface area (Å²) in [6.45, 7) is 2.36. The monoisotopic (exact) mass is 203 g/mol. The van der Waals surface area contributed by atoms with Crippen molar-refractivity contribution in [3.63, 3.8) is 0 Å². The van der Waals surface area contributed by atoms with Crippen LogP contribution in [0.15, 0.2) is 0 Å². The summed E-state index contributed by atoms with van der Waals surface area (Å²) in [6.07, 6.45) is 0.192. The zero-order chi connectivity index (χ0) is 11.1. The Morgan fingerprint density at radius 1 is 1.57 bits per heavy atom. The van der Waals surface area contributed by atoms with Crippen LogP contribution in [0.2, 0.25) is 0 Å². The summed E-state index contributed by atoms with van der Waals surface area (Å²) in [5.41, 5.74) is 4.76. The van der Waals surface area contributed by atoms with E-state index in [9.17, 15) is 9.59 Å². The molecule has 0 aliphatic heterocycles. The van der Waals surface area contributed by atoms with Crippen LogP contribution in [0.1, 0.15) is 13.3 Å². The lowest BCUT2D eigenvalue weighted by Gasteiger charge is -2.16. The third-order valence-corrected chi connectivity index (χ3v) is 1.60. The van der Waals surface area contributed by atoms with Gasteiger partial charge in [0.1, 0.15) is 0 Å². The van der Waals surface area contributed by atoms with Crippen LogP contribution >= 0.6 is 0 Å². The maximum absolute atomic E-state index is 11.0. The first kappa shape index (κ1) is 12.9. The van der Waals surface area contributed by atoms with Gasteiger partial charge < -0.3 is 10.8 Å². The number of likely N-dealkylation sites (N-methyl/N-ethyl adjacent to an activating group) is 1. The molecule has 0 aliphatic rings. The number of primary amides is 1. The van der Waals surface area contributed by atoms with E-state index in [0.717, 1.165) is 0 Å². The molecule has 0 bridgehead atoms. The molecule has 3 amide bonds. The molecule has 1 atom stereocenters. The fraction of sp³-hybridized carbons (Fsp3) is 0.750. The van der Waals surface area contributed by atoms with E-state index in [2.05, 4.69) is 0 Å². The molecule has 4 N–H and O–H groups in total. The maximum atomic E-state index is 11.0. The highest BCUT2D eigenvalue weighted by Gasteiger charge is 2.08. The quantitative estimate of drug-likeness (QED) is 0.527. The molecule has 0 fully saturated rings. The molecule has 0 aromatic carbocycles. The van der Waals surface area contributed by atoms with Crippen LogP contribution in [0, 0.1) is 0 Å². The van der Waals surface area contributed by atoms with Crippen LogP contribution in [0.5, 0.6) is 0 Å². The second-order valence-electron chi connectivity index (χ2n) is 3.29. The number of aliphatic hydroxyl groups is 1. The highest BCUT2D eigenvalue weighted by atomic mass is 16.3. The highest BCUT2D eigenvalue weighted by molar-refractivity contribution is 5.94. The number of nitrogens with two attached hydrogens (primary N) is 1. The molecule has 0 saturated carbocycles. The van der Waals surface area contributed by atoms with Gasteiger partial charge in [-0.3, -0.25) is 15.0 Å². The van der Waals surface area contributed by atoms with Crippen molar-refractivity contribution in [1.29, 1.82) is 0 Å². The minimum atomic E-state index is -0.848. The third kappa shape index (κ3) is 7.51. The molecule has 82 valence electrons. The van der Waals surface area contributed by atoms with E-state index in [0.29, 0.717) is 13.0 Å². The Morgan fingerprint density at radius 2 is 2.14 bits per heavy atom. The number of nitrogens with zero attached hydrogens (tertiary/aromatic N) is 1. The second kappa shape index (κ2) is 6.33. The molecular formula is C8H17N3O3. The van der Waals surface area contributed by atoms with Crippen LogP contribution in [-0.2, 0) is 4.79 Å². The summed E-state index contributed by atoms with van der Waals surface area (Å²) in [5, 5.41) is 10.9. The van der Waals surface area contributed by atoms with Crippen molar-refractivity contribution in [3.8, 4) is 0 Å². The molecule has 0 saturated heterocycles. The summed E-state index contributed by atoms with van der Waals surface area (Å²) in [6, 6.07) is -0.848. The van der Waals surface area contributed by atoms with Crippen molar-refractivity contribution in [2.45, 2.75) is 19.4 Å². The van der Waals surface area contributed by atoms with E-state index >= 15 is 0 Å². The van der Waals surface area contributed by atoms with Gasteiger partial charge in [-0.15, -0.1) is 0 Å². The third-order valence-electron chi connectivity index (χ3n) is 1.60. The molecular weight excluding hydrogens is 186 g/mol. The normalized spacial score (nSPS) is 12.6. The zero-order valence-electron chi connectivity index (χ0n) is 8.49. The Morgan fingerprint density at radius 3 is 2.57 bits per heavy atom. The largest absolute Gasteiger partial charge is 0.393 e. The van der Waals surface area contributed by atoms with Crippen LogP contribution in [0.3, 0.4) is 0 Å². The number of aliphatic hydroxyl groups excluding tert-OH is 1. The van der Waals surface area contributed by atoms with Crippen molar-refractivity contribution >= 4 is 11.9 Å². The van der Waals surface area contributed by atoms with E-state index in [4.69, 9.17) is 10.8 Å². The standard InChI is InChI=1S/C8H17N3O3/c1-6(12)3-4-11(2)5-7(13)10-8(9)14/h6,12H,3-5H2,1-2H3,(H3,9,10,13,14). The van der Waals surface area contributed by atoms with E-state index in [1.54, 1.807) is 18.9 Å². The molecule has 0 aliphatic carbocycles. The highest BCUT2D eigenvalue weighted by Crippen LogP contribution is 1.92. The Kier molecular flexibility index (Phi) is 5.82. The molecule has 14 heavy (non-hydrogen) atoms. The van der Waals surface area contributed by atoms with Gasteiger partial charge in [0.05, 0.1) is 12.6 Å². The Balaban J connectivity index is 3.65. The number of urea groups is 1. The van der Waals surface area contributed by atoms with Gasteiger partial charge in [-0.25, -0.2) is 4.79 Å². The SMILES string of the molecule is CC(O)CCN(C)CC(=O)NC(N)=O. The number of hydrogen-bond acceptors (Lipinski definition) is 4. The first-order chi connectivity index (χ1) is 6.41. The van der Waals surface area contributed by atoms with E-state index < -0.39 is 18.0 Å². The fourth-order valence-electron chi connectivity index (χ4n) is 0.908. The molecule has 6 nitrogen and oxygen atoms in total. The van der Waals surface area contributed by atoms with E-state index in [1.165, 1.54) is 0 Å². The predicted octanol–water partition coefficient (Wildman–Crippen LogP) is -1.12. The number of rotatable bonds is 5. The average Bonchev–Trinajstić information content (AvgIpc) is 1.98. The van der Waals surface area contributed by atoms with Crippen molar-refractivity contribution in [2.75, 3.05) is 20.1 Å². The number of imide groups is 1. The molecule has 0 heterocycles. The Labute approximate surface area is 83.1 Å². The molecule has 0 spiro atoms. The fourth-order valence-corrected chi connectivity index (χ4v) is 0.908. The molecule has 0 aromatic rings. The van der Waals surface area contributed by atoms with Gasteiger partial charge in [-0.05, 0) is 20.4 Å². The smallest absolute Gasteiger partial charge is 0.318 e. The van der Waals surface area contributed by atoms with E-state index in [1.807, 2.05) is 5.32 Å². The van der Waals surface area contributed by atoms with Gasteiger partial charge in [-0.1, -0.05) is 0 Å². The minimum absolute atomic E-state index is 0.0929. The molecule has 0 radical (unpaired) electrons. The Hall–Kier alpha value is -1.14. The van der Waals surface area contributed by atoms with Crippen molar-refractivity contribution < 1.29 is 14.7 Å². The van der Waals surface area contributed by atoms with E-state index in [-0.39, 0.29) is 6.54 Å². The Bertz CT molecular complexity index is 206. The molecule has 1 unspecified atom stereocenters. The lowest BCUT2D eigenvalue weighted by molar-refractivity contribution is -0.120. The topological polar surface area (TPSA) is 95.7 Å². The molecule has 0 rings (SSSR count). The van der Waals surface area contributed by atoms with Gasteiger partial charge in [0, 0.05) is 6.54 Å². The maximum Gasteiger partial charge on any atom is 0.318 e. The summed E-state index contributed by atoms with van der Waals surface area (Å²) < 4.78 is 0. The number of carbonyl (C=O) groups is 2. The summed E-state index contributed by atoms with van der Waals surface area (Å²) in [5.74, 6) is -0.439. The van der Waals surface area contributed by atoms with Crippen molar-refractivity contribution in [3.05, 3.63) is 0 Å². The minimum Gasteiger partial charge on any atom is -0.393 e. The lowest BCUT2D eigenvalue weighted by atomic mass is 10.3. The van der Waals surface area contributed by atoms with Gasteiger partial charge in [0.15, 0.2) is 0 Å². The first-order valence-corrected chi connectivity index (χ1v) is 4.37. The van der Waals surface area contributed by atoms with Crippen molar-refractivity contribution in [1.82, 2.24) is 10.2 Å². The summed E-state index contributed by atoms with van der Waals surface area (Å²) >= 11 is 0. The molecule has 6 heteroatoms. The average molecular weight is 203 g/mol. The van der Waals surface area contributed by atoms with Crippen LogP contribution in [-0.4, -0.2) is 48.2 Å². The summed E-state index contributed by atoms with van der Waals surface area (Å²) in [7, 11) is 1.73.